The fraction of sp³-hybridized carbons (Fsp3) is 0.167. The van der Waals surface area contributed by atoms with Crippen molar-refractivity contribution < 1.29 is 14.6 Å². The van der Waals surface area contributed by atoms with Crippen LogP contribution in [-0.4, -0.2) is 25.8 Å². The van der Waals surface area contributed by atoms with Gasteiger partial charge < -0.3 is 9.84 Å². The van der Waals surface area contributed by atoms with Gasteiger partial charge in [-0.25, -0.2) is 14.5 Å². The Labute approximate surface area is 108 Å². The number of pyridine rings is 1. The predicted octanol–water partition coefficient (Wildman–Crippen LogP) is 1.49. The second-order valence-electron chi connectivity index (χ2n) is 3.76. The maximum Gasteiger partial charge on any atom is 0.358 e. The van der Waals surface area contributed by atoms with Gasteiger partial charge in [-0.2, -0.15) is 10.4 Å². The fourth-order valence-electron chi connectivity index (χ4n) is 1.62. The van der Waals surface area contributed by atoms with E-state index in [0.717, 1.165) is 0 Å². The maximum atomic E-state index is 11.0. The van der Waals surface area contributed by atoms with Crippen molar-refractivity contribution in [1.82, 2.24) is 14.8 Å². The third kappa shape index (κ3) is 2.24. The second-order valence-corrected chi connectivity index (χ2v) is 3.76. The van der Waals surface area contributed by atoms with Gasteiger partial charge in [0.1, 0.15) is 11.6 Å². The number of carbonyl (C=O) groups is 1. The smallest absolute Gasteiger partial charge is 0.358 e. The van der Waals surface area contributed by atoms with E-state index in [4.69, 9.17) is 15.1 Å². The lowest BCUT2D eigenvalue weighted by molar-refractivity contribution is 0.0687. The Hall–Kier alpha value is -2.88. The third-order valence-corrected chi connectivity index (χ3v) is 2.46. The number of rotatable bonds is 3. The molecule has 2 rings (SSSR count). The highest BCUT2D eigenvalue weighted by Crippen LogP contribution is 2.28. The topological polar surface area (TPSA) is 101 Å². The molecule has 7 heteroatoms. The third-order valence-electron chi connectivity index (χ3n) is 2.46. The lowest BCUT2D eigenvalue weighted by atomic mass is 10.3. The number of carboxylic acids is 1. The van der Waals surface area contributed by atoms with Crippen molar-refractivity contribution in [2.75, 3.05) is 0 Å². The summed E-state index contributed by atoms with van der Waals surface area (Å²) in [7, 11) is 1.61. The number of nitrogens with zero attached hydrogens (tertiary/aromatic N) is 4. The van der Waals surface area contributed by atoms with Crippen LogP contribution in [0.1, 0.15) is 21.7 Å². The molecular formula is C12H10N4O3. The minimum Gasteiger partial charge on any atom is -0.476 e. The Bertz CT molecular complexity index is 685. The van der Waals surface area contributed by atoms with E-state index < -0.39 is 5.97 Å². The van der Waals surface area contributed by atoms with Crippen molar-refractivity contribution in [1.29, 1.82) is 5.26 Å². The zero-order valence-electron chi connectivity index (χ0n) is 10.3. The molecule has 0 aliphatic rings. The number of aromatic nitrogens is 3. The molecule has 19 heavy (non-hydrogen) atoms. The van der Waals surface area contributed by atoms with Crippen LogP contribution in [0.5, 0.6) is 11.6 Å². The Morgan fingerprint density at radius 1 is 1.58 bits per heavy atom. The van der Waals surface area contributed by atoms with Crippen LogP contribution in [0.15, 0.2) is 18.3 Å². The van der Waals surface area contributed by atoms with Crippen molar-refractivity contribution in [3.63, 3.8) is 0 Å². The maximum absolute atomic E-state index is 11.0. The van der Waals surface area contributed by atoms with Crippen LogP contribution in [0.2, 0.25) is 0 Å². The average Bonchev–Trinajstić information content (AvgIpc) is 2.64. The van der Waals surface area contributed by atoms with E-state index in [1.165, 1.54) is 16.9 Å². The average molecular weight is 258 g/mol. The van der Waals surface area contributed by atoms with Gasteiger partial charge in [0.2, 0.25) is 5.88 Å². The van der Waals surface area contributed by atoms with Crippen molar-refractivity contribution in [2.45, 2.75) is 6.92 Å². The van der Waals surface area contributed by atoms with E-state index >= 15 is 0 Å². The number of aromatic carboxylic acids is 1. The summed E-state index contributed by atoms with van der Waals surface area (Å²) >= 11 is 0. The number of hydrogen-bond acceptors (Lipinski definition) is 5. The zero-order chi connectivity index (χ0) is 14.0. The van der Waals surface area contributed by atoms with Gasteiger partial charge in [0.05, 0.1) is 5.69 Å². The molecule has 7 nitrogen and oxygen atoms in total. The quantitative estimate of drug-likeness (QED) is 0.894. The number of ether oxygens (including phenoxy) is 1. The molecular weight excluding hydrogens is 248 g/mol. The lowest BCUT2D eigenvalue weighted by Crippen LogP contribution is -2.04. The summed E-state index contributed by atoms with van der Waals surface area (Å²) in [5.41, 5.74) is 0.564. The first-order chi connectivity index (χ1) is 9.04. The van der Waals surface area contributed by atoms with E-state index in [2.05, 4.69) is 10.1 Å². The molecule has 0 saturated carbocycles. The number of aryl methyl sites for hydroxylation is 2. The molecule has 0 radical (unpaired) electrons. The van der Waals surface area contributed by atoms with Crippen LogP contribution in [0.25, 0.3) is 0 Å². The summed E-state index contributed by atoms with van der Waals surface area (Å²) in [6, 6.07) is 5.00. The lowest BCUT2D eigenvalue weighted by Gasteiger charge is -2.07. The molecule has 0 fully saturated rings. The van der Waals surface area contributed by atoms with Gasteiger partial charge in [-0.15, -0.1) is 0 Å². The molecule has 0 aliphatic carbocycles. The summed E-state index contributed by atoms with van der Waals surface area (Å²) < 4.78 is 6.86. The summed E-state index contributed by atoms with van der Waals surface area (Å²) in [6.07, 6.45) is 1.36. The van der Waals surface area contributed by atoms with Crippen LogP contribution in [0, 0.1) is 18.3 Å². The molecule has 2 aromatic rings. The highest BCUT2D eigenvalue weighted by atomic mass is 16.5. The highest BCUT2D eigenvalue weighted by molar-refractivity contribution is 5.88. The minimum atomic E-state index is -1.20. The summed E-state index contributed by atoms with van der Waals surface area (Å²) in [5.74, 6) is -0.946. The monoisotopic (exact) mass is 258 g/mol. The van der Waals surface area contributed by atoms with Crippen LogP contribution in [0.3, 0.4) is 0 Å². The van der Waals surface area contributed by atoms with Gasteiger partial charge in [0.25, 0.3) is 0 Å². The molecule has 0 atom stereocenters. The van der Waals surface area contributed by atoms with Crippen LogP contribution < -0.4 is 4.74 Å². The Kier molecular flexibility index (Phi) is 3.16. The summed E-state index contributed by atoms with van der Waals surface area (Å²) in [4.78, 5) is 14.8. The van der Waals surface area contributed by atoms with E-state index in [1.807, 2.05) is 6.07 Å². The van der Waals surface area contributed by atoms with E-state index in [-0.39, 0.29) is 22.9 Å². The zero-order valence-corrected chi connectivity index (χ0v) is 10.3. The Balaban J connectivity index is 2.48. The predicted molar refractivity (Wildman–Crippen MR) is 63.9 cm³/mol. The van der Waals surface area contributed by atoms with E-state index in [9.17, 15) is 4.79 Å². The van der Waals surface area contributed by atoms with Gasteiger partial charge in [-0.1, -0.05) is 0 Å². The SMILES string of the molecule is Cc1nn(C)c(Oc2cccnc2C(=O)O)c1C#N. The van der Waals surface area contributed by atoms with Gasteiger partial charge in [-0.05, 0) is 19.1 Å². The van der Waals surface area contributed by atoms with E-state index in [1.54, 1.807) is 20.0 Å². The highest BCUT2D eigenvalue weighted by Gasteiger charge is 2.19. The van der Waals surface area contributed by atoms with Gasteiger partial charge >= 0.3 is 5.97 Å². The van der Waals surface area contributed by atoms with Crippen molar-refractivity contribution >= 4 is 5.97 Å². The standard InChI is InChI=1S/C12H10N4O3/c1-7-8(6-13)11(16(2)15-7)19-9-4-3-5-14-10(9)12(17)18/h3-5H,1-2H3,(H,17,18). The van der Waals surface area contributed by atoms with E-state index in [0.29, 0.717) is 5.69 Å². The molecule has 0 saturated heterocycles. The van der Waals surface area contributed by atoms with Crippen molar-refractivity contribution in [3.05, 3.63) is 35.3 Å². The molecule has 0 amide bonds. The first-order valence-corrected chi connectivity index (χ1v) is 5.34. The normalized spacial score (nSPS) is 9.95. The number of nitriles is 1. The van der Waals surface area contributed by atoms with Crippen LogP contribution >= 0.6 is 0 Å². The first kappa shape index (κ1) is 12.6. The van der Waals surface area contributed by atoms with Crippen molar-refractivity contribution in [2.24, 2.45) is 7.05 Å². The van der Waals surface area contributed by atoms with Gasteiger partial charge in [-0.3, -0.25) is 0 Å². The molecule has 0 aliphatic heterocycles. The molecule has 2 heterocycles. The molecule has 0 bridgehead atoms. The molecule has 1 N–H and O–H groups in total. The first-order valence-electron chi connectivity index (χ1n) is 5.34. The number of hydrogen-bond donors (Lipinski definition) is 1. The Morgan fingerprint density at radius 3 is 2.95 bits per heavy atom. The van der Waals surface area contributed by atoms with Crippen LogP contribution in [-0.2, 0) is 7.05 Å². The minimum absolute atomic E-state index is 0.0644. The largest absolute Gasteiger partial charge is 0.476 e. The molecule has 96 valence electrons. The molecule has 2 aromatic heterocycles. The fourth-order valence-corrected chi connectivity index (χ4v) is 1.62. The summed E-state index contributed by atoms with van der Waals surface area (Å²) in [5, 5.41) is 22.1. The molecule has 0 unspecified atom stereocenters. The Morgan fingerprint density at radius 2 is 2.32 bits per heavy atom. The van der Waals surface area contributed by atoms with Gasteiger partial charge in [0.15, 0.2) is 11.4 Å². The molecule has 0 spiro atoms. The van der Waals surface area contributed by atoms with Crippen LogP contribution in [0.4, 0.5) is 0 Å². The summed E-state index contributed by atoms with van der Waals surface area (Å²) in [6.45, 7) is 1.67. The van der Waals surface area contributed by atoms with Crippen molar-refractivity contribution in [3.8, 4) is 17.7 Å². The second kappa shape index (κ2) is 4.78. The number of carboxylic acid groups (broad SMARTS) is 1. The van der Waals surface area contributed by atoms with Gasteiger partial charge in [0, 0.05) is 13.2 Å². The molecule has 0 aromatic carbocycles.